The van der Waals surface area contributed by atoms with E-state index in [0.717, 1.165) is 0 Å². The van der Waals surface area contributed by atoms with Crippen molar-refractivity contribution in [1.29, 1.82) is 5.41 Å². The Labute approximate surface area is 74.8 Å². The summed E-state index contributed by atoms with van der Waals surface area (Å²) in [5.74, 6) is -1.36. The molecule has 0 aliphatic carbocycles. The Morgan fingerprint density at radius 1 is 1.58 bits per heavy atom. The molecule has 4 nitrogen and oxygen atoms in total. The van der Waals surface area contributed by atoms with Gasteiger partial charge in [-0.1, -0.05) is 11.6 Å². The number of carbonyl (C=O) groups is 1. The number of hydrogen-bond acceptors (Lipinski definition) is 3. The first-order valence-corrected chi connectivity index (χ1v) is 3.44. The van der Waals surface area contributed by atoms with E-state index >= 15 is 0 Å². The van der Waals surface area contributed by atoms with Crippen LogP contribution in [0, 0.1) is 5.41 Å². The van der Waals surface area contributed by atoms with E-state index < -0.39 is 11.7 Å². The summed E-state index contributed by atoms with van der Waals surface area (Å²) in [5, 5.41) is 15.7. The van der Waals surface area contributed by atoms with Crippen LogP contribution in [0.2, 0.25) is 0 Å². The number of halogens is 1. The molecule has 66 valence electrons. The normalized spacial score (nSPS) is 12.8. The van der Waals surface area contributed by atoms with Crippen molar-refractivity contribution in [3.63, 3.8) is 0 Å². The molecule has 5 heteroatoms. The number of carboxylic acids is 1. The van der Waals surface area contributed by atoms with E-state index in [1.54, 1.807) is 6.92 Å². The highest BCUT2D eigenvalue weighted by atomic mass is 35.5. The zero-order chi connectivity index (χ0) is 9.72. The number of nitrogens with one attached hydrogen (secondary N) is 1. The smallest absolute Gasteiger partial charge is 0.355 e. The van der Waals surface area contributed by atoms with Gasteiger partial charge < -0.3 is 10.8 Å². The zero-order valence-corrected chi connectivity index (χ0v) is 7.22. The molecule has 12 heavy (non-hydrogen) atoms. The number of hydrogen-bond donors (Lipinski definition) is 3. The van der Waals surface area contributed by atoms with E-state index in [9.17, 15) is 4.79 Å². The lowest BCUT2D eigenvalue weighted by atomic mass is 10.2. The summed E-state index contributed by atoms with van der Waals surface area (Å²) < 4.78 is 0. The third kappa shape index (κ3) is 3.78. The maximum atomic E-state index is 10.2. The molecule has 4 N–H and O–H groups in total. The van der Waals surface area contributed by atoms with Crippen molar-refractivity contribution >= 4 is 23.3 Å². The van der Waals surface area contributed by atoms with Crippen molar-refractivity contribution in [3.05, 3.63) is 22.9 Å². The highest BCUT2D eigenvalue weighted by molar-refractivity contribution is 6.40. The summed E-state index contributed by atoms with van der Waals surface area (Å²) in [4.78, 5) is 10.2. The largest absolute Gasteiger partial charge is 0.476 e. The molecular weight excluding hydrogens is 180 g/mol. The SMILES string of the molecule is C/C(Cl)=C\C=C(\N)C(=N)C(=O)O. The van der Waals surface area contributed by atoms with Crippen LogP contribution in [-0.4, -0.2) is 16.8 Å². The third-order valence-electron chi connectivity index (χ3n) is 0.995. The number of carboxylic acid groups (broad SMARTS) is 1. The van der Waals surface area contributed by atoms with Gasteiger partial charge in [-0.05, 0) is 19.1 Å². The van der Waals surface area contributed by atoms with Crippen LogP contribution in [0.1, 0.15) is 6.92 Å². The average molecular weight is 189 g/mol. The van der Waals surface area contributed by atoms with Crippen molar-refractivity contribution in [2.45, 2.75) is 6.92 Å². The Morgan fingerprint density at radius 2 is 2.08 bits per heavy atom. The molecule has 0 aromatic rings. The van der Waals surface area contributed by atoms with Gasteiger partial charge in [-0.3, -0.25) is 5.41 Å². The van der Waals surface area contributed by atoms with Gasteiger partial charge in [0.2, 0.25) is 0 Å². The number of rotatable bonds is 3. The van der Waals surface area contributed by atoms with Gasteiger partial charge in [-0.25, -0.2) is 4.79 Å². The van der Waals surface area contributed by atoms with Crippen LogP contribution < -0.4 is 5.73 Å². The second-order valence-corrected chi connectivity index (χ2v) is 2.65. The van der Waals surface area contributed by atoms with Crippen LogP contribution in [0.5, 0.6) is 0 Å². The first-order chi connectivity index (χ1) is 5.45. The number of allylic oxidation sites excluding steroid dienone is 3. The van der Waals surface area contributed by atoms with Crippen molar-refractivity contribution in [1.82, 2.24) is 0 Å². The Hall–Kier alpha value is -1.29. The van der Waals surface area contributed by atoms with E-state index in [0.29, 0.717) is 5.03 Å². The van der Waals surface area contributed by atoms with Crippen molar-refractivity contribution in [2.75, 3.05) is 0 Å². The molecule has 0 heterocycles. The van der Waals surface area contributed by atoms with Gasteiger partial charge in [0, 0.05) is 5.03 Å². The predicted octanol–water partition coefficient (Wildman–Crippen LogP) is 1.08. The number of nitrogens with two attached hydrogens (primary N) is 1. The first kappa shape index (κ1) is 10.7. The summed E-state index contributed by atoms with van der Waals surface area (Å²) in [7, 11) is 0. The second kappa shape index (κ2) is 4.56. The van der Waals surface area contributed by atoms with Gasteiger partial charge in [0.1, 0.15) is 0 Å². The molecule has 0 amide bonds. The molecule has 0 aliphatic heterocycles. The lowest BCUT2D eigenvalue weighted by Crippen LogP contribution is -2.19. The molecule has 0 atom stereocenters. The Bertz CT molecular complexity index is 265. The van der Waals surface area contributed by atoms with Crippen LogP contribution in [0.15, 0.2) is 22.9 Å². The summed E-state index contributed by atoms with van der Waals surface area (Å²) >= 11 is 5.45. The quantitative estimate of drug-likeness (QED) is 0.458. The highest BCUT2D eigenvalue weighted by Gasteiger charge is 2.07. The molecule has 0 fully saturated rings. The van der Waals surface area contributed by atoms with Crippen LogP contribution in [0.4, 0.5) is 0 Å². The Kier molecular flexibility index (Phi) is 4.07. The first-order valence-electron chi connectivity index (χ1n) is 3.07. The molecular formula is C7H9ClN2O2. The molecule has 0 saturated carbocycles. The zero-order valence-electron chi connectivity index (χ0n) is 6.47. The lowest BCUT2D eigenvalue weighted by Gasteiger charge is -1.95. The molecule has 0 aliphatic rings. The van der Waals surface area contributed by atoms with Crippen molar-refractivity contribution in [3.8, 4) is 0 Å². The van der Waals surface area contributed by atoms with Gasteiger partial charge in [0.15, 0.2) is 5.71 Å². The highest BCUT2D eigenvalue weighted by Crippen LogP contribution is 1.99. The second-order valence-electron chi connectivity index (χ2n) is 2.06. The van der Waals surface area contributed by atoms with Gasteiger partial charge in [0.25, 0.3) is 0 Å². The van der Waals surface area contributed by atoms with E-state index in [-0.39, 0.29) is 5.70 Å². The lowest BCUT2D eigenvalue weighted by molar-refractivity contribution is -0.129. The molecule has 0 rings (SSSR count). The summed E-state index contributed by atoms with van der Waals surface area (Å²) in [5.41, 5.74) is 4.46. The van der Waals surface area contributed by atoms with Gasteiger partial charge >= 0.3 is 5.97 Å². The molecule has 0 radical (unpaired) electrons. The fraction of sp³-hybridized carbons (Fsp3) is 0.143. The summed E-state index contributed by atoms with van der Waals surface area (Å²) in [6.07, 6.45) is 2.70. The van der Waals surface area contributed by atoms with Crippen LogP contribution in [0.3, 0.4) is 0 Å². The molecule has 0 unspecified atom stereocenters. The minimum Gasteiger partial charge on any atom is -0.476 e. The monoisotopic (exact) mass is 188 g/mol. The van der Waals surface area contributed by atoms with E-state index in [4.69, 9.17) is 27.9 Å². The Morgan fingerprint density at radius 3 is 2.42 bits per heavy atom. The van der Waals surface area contributed by atoms with Crippen LogP contribution in [0.25, 0.3) is 0 Å². The third-order valence-corrected chi connectivity index (χ3v) is 1.12. The summed E-state index contributed by atoms with van der Waals surface area (Å²) in [6.45, 7) is 1.62. The average Bonchev–Trinajstić information content (AvgIpc) is 1.98. The van der Waals surface area contributed by atoms with Gasteiger partial charge in [0.05, 0.1) is 5.70 Å². The predicted molar refractivity (Wildman–Crippen MR) is 47.2 cm³/mol. The van der Waals surface area contributed by atoms with E-state index in [1.807, 2.05) is 0 Å². The fourth-order valence-corrected chi connectivity index (χ4v) is 0.474. The molecule has 0 aromatic carbocycles. The van der Waals surface area contributed by atoms with Crippen LogP contribution >= 0.6 is 11.6 Å². The summed E-state index contributed by atoms with van der Waals surface area (Å²) in [6, 6.07) is 0. The fourth-order valence-electron chi connectivity index (χ4n) is 0.411. The van der Waals surface area contributed by atoms with Gasteiger partial charge in [-0.2, -0.15) is 0 Å². The molecule has 0 bridgehead atoms. The molecule has 0 aromatic heterocycles. The molecule has 0 saturated heterocycles. The topological polar surface area (TPSA) is 87.2 Å². The van der Waals surface area contributed by atoms with Crippen molar-refractivity contribution < 1.29 is 9.90 Å². The maximum absolute atomic E-state index is 10.2. The van der Waals surface area contributed by atoms with E-state index in [1.165, 1.54) is 12.2 Å². The maximum Gasteiger partial charge on any atom is 0.355 e. The minimum absolute atomic E-state index is 0.123. The van der Waals surface area contributed by atoms with Crippen LogP contribution in [-0.2, 0) is 4.79 Å². The number of aliphatic carboxylic acids is 1. The van der Waals surface area contributed by atoms with Crippen molar-refractivity contribution in [2.24, 2.45) is 5.73 Å². The van der Waals surface area contributed by atoms with E-state index in [2.05, 4.69) is 0 Å². The molecule has 0 spiro atoms. The Balaban J connectivity index is 4.49. The minimum atomic E-state index is -1.36. The standard InChI is InChI=1S/C7H9ClN2O2/c1-4(8)2-3-5(9)6(10)7(11)12/h2-3,10H,9H2,1H3,(H,11,12)/b4-2+,5-3+,10-6?. The van der Waals surface area contributed by atoms with Gasteiger partial charge in [-0.15, -0.1) is 0 Å².